The lowest BCUT2D eigenvalue weighted by Gasteiger charge is -2.45. The molecule has 1 aromatic heterocycles. The van der Waals surface area contributed by atoms with E-state index in [-0.39, 0.29) is 0 Å². The van der Waals surface area contributed by atoms with E-state index in [4.69, 9.17) is 5.73 Å². The Hall–Kier alpha value is -1.13. The molecule has 3 rings (SSSR count). The van der Waals surface area contributed by atoms with Gasteiger partial charge in [-0.3, -0.25) is 4.90 Å². The van der Waals surface area contributed by atoms with Crippen molar-refractivity contribution in [3.8, 4) is 0 Å². The number of aromatic nitrogens is 1. The highest BCUT2D eigenvalue weighted by molar-refractivity contribution is 5.38. The fourth-order valence-electron chi connectivity index (χ4n) is 3.96. The number of hydrogen-bond acceptors (Lipinski definition) is 4. The van der Waals surface area contributed by atoms with Crippen LogP contribution in [-0.2, 0) is 0 Å². The standard InChI is InChI=1S/C17H28N4/c1-14-5-6-15(13-18)16(12-14)20-8-10-21(11-9-20)17-4-2-3-7-19-17/h2-4,7,14-16H,5-6,8-13,18H2,1H3. The minimum absolute atomic E-state index is 0.697. The molecule has 2 N–H and O–H groups in total. The molecular weight excluding hydrogens is 260 g/mol. The molecule has 3 atom stereocenters. The molecule has 21 heavy (non-hydrogen) atoms. The van der Waals surface area contributed by atoms with Crippen LogP contribution < -0.4 is 10.6 Å². The second-order valence-corrected chi connectivity index (χ2v) is 6.69. The number of anilines is 1. The van der Waals surface area contributed by atoms with Gasteiger partial charge in [0.2, 0.25) is 0 Å². The molecule has 0 bridgehead atoms. The van der Waals surface area contributed by atoms with Crippen LogP contribution in [0, 0.1) is 11.8 Å². The molecule has 1 aliphatic heterocycles. The van der Waals surface area contributed by atoms with Gasteiger partial charge in [-0.2, -0.15) is 0 Å². The third-order valence-corrected chi connectivity index (χ3v) is 5.28. The molecule has 2 aliphatic rings. The van der Waals surface area contributed by atoms with Gasteiger partial charge in [0.15, 0.2) is 0 Å². The lowest BCUT2D eigenvalue weighted by atomic mass is 9.78. The maximum Gasteiger partial charge on any atom is 0.128 e. The van der Waals surface area contributed by atoms with Crippen molar-refractivity contribution in [3.63, 3.8) is 0 Å². The molecule has 1 saturated heterocycles. The summed E-state index contributed by atoms with van der Waals surface area (Å²) in [6.45, 7) is 7.69. The summed E-state index contributed by atoms with van der Waals surface area (Å²) in [5.41, 5.74) is 6.02. The average Bonchev–Trinajstić information content (AvgIpc) is 2.56. The van der Waals surface area contributed by atoms with E-state index in [0.717, 1.165) is 44.5 Å². The van der Waals surface area contributed by atoms with Gasteiger partial charge in [0, 0.05) is 38.4 Å². The summed E-state index contributed by atoms with van der Waals surface area (Å²) in [5, 5.41) is 0. The predicted molar refractivity (Wildman–Crippen MR) is 87.4 cm³/mol. The van der Waals surface area contributed by atoms with Crippen molar-refractivity contribution < 1.29 is 0 Å². The number of pyridine rings is 1. The molecular formula is C17H28N4. The van der Waals surface area contributed by atoms with Crippen LogP contribution in [0.4, 0.5) is 5.82 Å². The minimum atomic E-state index is 0.697. The fourth-order valence-corrected chi connectivity index (χ4v) is 3.96. The quantitative estimate of drug-likeness (QED) is 0.923. The van der Waals surface area contributed by atoms with E-state index in [0.29, 0.717) is 12.0 Å². The van der Waals surface area contributed by atoms with Gasteiger partial charge < -0.3 is 10.6 Å². The van der Waals surface area contributed by atoms with Crippen molar-refractivity contribution >= 4 is 5.82 Å². The maximum absolute atomic E-state index is 6.02. The summed E-state index contributed by atoms with van der Waals surface area (Å²) in [6, 6.07) is 6.86. The van der Waals surface area contributed by atoms with Crippen LogP contribution in [0.2, 0.25) is 0 Å². The monoisotopic (exact) mass is 288 g/mol. The molecule has 4 nitrogen and oxygen atoms in total. The Kier molecular flexibility index (Phi) is 4.76. The molecule has 0 amide bonds. The Labute approximate surface area is 128 Å². The Morgan fingerprint density at radius 1 is 1.19 bits per heavy atom. The van der Waals surface area contributed by atoms with Gasteiger partial charge in [-0.25, -0.2) is 4.98 Å². The van der Waals surface area contributed by atoms with Crippen LogP contribution in [0.25, 0.3) is 0 Å². The lowest BCUT2D eigenvalue weighted by Crippen LogP contribution is -2.55. The highest BCUT2D eigenvalue weighted by atomic mass is 15.3. The van der Waals surface area contributed by atoms with Gasteiger partial charge in [-0.05, 0) is 43.4 Å². The Morgan fingerprint density at radius 2 is 2.00 bits per heavy atom. The zero-order valence-electron chi connectivity index (χ0n) is 13.1. The number of nitrogens with zero attached hydrogens (tertiary/aromatic N) is 3. The van der Waals surface area contributed by atoms with E-state index in [1.165, 1.54) is 19.3 Å². The van der Waals surface area contributed by atoms with Gasteiger partial charge in [0.25, 0.3) is 0 Å². The van der Waals surface area contributed by atoms with E-state index in [1.54, 1.807) is 0 Å². The summed E-state index contributed by atoms with van der Waals surface area (Å²) in [5.74, 6) is 2.67. The van der Waals surface area contributed by atoms with Crippen molar-refractivity contribution in [1.29, 1.82) is 0 Å². The molecule has 116 valence electrons. The second kappa shape index (κ2) is 6.75. The topological polar surface area (TPSA) is 45.4 Å². The van der Waals surface area contributed by atoms with E-state index < -0.39 is 0 Å². The van der Waals surface area contributed by atoms with E-state index in [9.17, 15) is 0 Å². The molecule has 0 radical (unpaired) electrons. The molecule has 1 saturated carbocycles. The van der Waals surface area contributed by atoms with Crippen LogP contribution in [0.3, 0.4) is 0 Å². The molecule has 4 heteroatoms. The first-order chi connectivity index (χ1) is 10.3. The van der Waals surface area contributed by atoms with Crippen LogP contribution in [0.1, 0.15) is 26.2 Å². The smallest absolute Gasteiger partial charge is 0.128 e. The Balaban J connectivity index is 1.59. The van der Waals surface area contributed by atoms with Crippen molar-refractivity contribution in [2.75, 3.05) is 37.6 Å². The molecule has 1 aliphatic carbocycles. The zero-order valence-corrected chi connectivity index (χ0v) is 13.1. The second-order valence-electron chi connectivity index (χ2n) is 6.69. The molecule has 0 aromatic carbocycles. The van der Waals surface area contributed by atoms with Gasteiger partial charge in [0.05, 0.1) is 0 Å². The summed E-state index contributed by atoms with van der Waals surface area (Å²) in [6.07, 6.45) is 5.87. The lowest BCUT2D eigenvalue weighted by molar-refractivity contribution is 0.0808. The highest BCUT2D eigenvalue weighted by Crippen LogP contribution is 2.32. The molecule has 2 heterocycles. The van der Waals surface area contributed by atoms with Crippen molar-refractivity contribution in [1.82, 2.24) is 9.88 Å². The average molecular weight is 288 g/mol. The first kappa shape index (κ1) is 14.8. The summed E-state index contributed by atoms with van der Waals surface area (Å²) in [7, 11) is 0. The van der Waals surface area contributed by atoms with Crippen LogP contribution in [0.5, 0.6) is 0 Å². The van der Waals surface area contributed by atoms with E-state index in [1.807, 2.05) is 12.3 Å². The summed E-state index contributed by atoms with van der Waals surface area (Å²) in [4.78, 5) is 9.56. The first-order valence-electron chi connectivity index (χ1n) is 8.38. The third kappa shape index (κ3) is 3.38. The maximum atomic E-state index is 6.02. The summed E-state index contributed by atoms with van der Waals surface area (Å²) >= 11 is 0. The molecule has 0 spiro atoms. The number of rotatable bonds is 3. The SMILES string of the molecule is CC1CCC(CN)C(N2CCN(c3ccccn3)CC2)C1. The zero-order chi connectivity index (χ0) is 14.7. The van der Waals surface area contributed by atoms with Crippen LogP contribution >= 0.6 is 0 Å². The van der Waals surface area contributed by atoms with Gasteiger partial charge in [0.1, 0.15) is 5.82 Å². The number of hydrogen-bond donors (Lipinski definition) is 1. The van der Waals surface area contributed by atoms with Gasteiger partial charge >= 0.3 is 0 Å². The van der Waals surface area contributed by atoms with Crippen LogP contribution in [-0.4, -0.2) is 48.6 Å². The van der Waals surface area contributed by atoms with Gasteiger partial charge in [-0.15, -0.1) is 0 Å². The van der Waals surface area contributed by atoms with Crippen molar-refractivity contribution in [2.45, 2.75) is 32.2 Å². The van der Waals surface area contributed by atoms with Crippen molar-refractivity contribution in [2.24, 2.45) is 17.6 Å². The normalized spacial score (nSPS) is 31.3. The molecule has 2 fully saturated rings. The van der Waals surface area contributed by atoms with Crippen LogP contribution in [0.15, 0.2) is 24.4 Å². The number of piperazine rings is 1. The Morgan fingerprint density at radius 3 is 2.67 bits per heavy atom. The Bertz CT molecular complexity index is 428. The first-order valence-corrected chi connectivity index (χ1v) is 8.38. The van der Waals surface area contributed by atoms with E-state index in [2.05, 4.69) is 33.8 Å². The minimum Gasteiger partial charge on any atom is -0.354 e. The third-order valence-electron chi connectivity index (χ3n) is 5.28. The molecule has 3 unspecified atom stereocenters. The summed E-state index contributed by atoms with van der Waals surface area (Å²) < 4.78 is 0. The fraction of sp³-hybridized carbons (Fsp3) is 0.706. The van der Waals surface area contributed by atoms with Crippen molar-refractivity contribution in [3.05, 3.63) is 24.4 Å². The van der Waals surface area contributed by atoms with Gasteiger partial charge in [-0.1, -0.05) is 19.4 Å². The predicted octanol–water partition coefficient (Wildman–Crippen LogP) is 1.97. The highest BCUT2D eigenvalue weighted by Gasteiger charge is 2.33. The largest absolute Gasteiger partial charge is 0.354 e. The number of nitrogens with two attached hydrogens (primary N) is 1. The van der Waals surface area contributed by atoms with E-state index >= 15 is 0 Å². The molecule has 1 aromatic rings.